The lowest BCUT2D eigenvalue weighted by atomic mass is 9.83. The van der Waals surface area contributed by atoms with Crippen molar-refractivity contribution >= 4 is 15.7 Å². The largest absolute Gasteiger partial charge is 0.343 e. The van der Waals surface area contributed by atoms with Crippen LogP contribution in [0, 0.1) is 40.8 Å². The summed E-state index contributed by atoms with van der Waals surface area (Å²) < 4.78 is 38.3. The van der Waals surface area contributed by atoms with E-state index < -0.39 is 21.6 Å². The third kappa shape index (κ3) is 3.06. The lowest BCUT2D eigenvalue weighted by Gasteiger charge is -2.26. The summed E-state index contributed by atoms with van der Waals surface area (Å²) in [4.78, 5) is 12.4. The fourth-order valence-electron chi connectivity index (χ4n) is 3.78. The highest BCUT2D eigenvalue weighted by molar-refractivity contribution is 7.91. The number of carbonyl (C=O) groups excluding carboxylic acids is 1. The van der Waals surface area contributed by atoms with Crippen LogP contribution in [0.4, 0.5) is 4.39 Å². The van der Waals surface area contributed by atoms with Gasteiger partial charge >= 0.3 is 0 Å². The number of allylic oxidation sites excluding steroid dienone is 2. The number of hydrogen-bond donors (Lipinski definition) is 1. The standard InChI is InChI=1S/C17H17FN2O3S/c18-13-3-5-14(6-4-13)24(22,23)10-15-11-1-2-12(9-11)16(15)17(21)20-8-7-19/h1-6,11-12,15-16H,8-10H2,(H,20,21)/t11-,12?,15-,16?/m1/s1. The number of halogens is 1. The van der Waals surface area contributed by atoms with Gasteiger partial charge in [-0.25, -0.2) is 12.8 Å². The van der Waals surface area contributed by atoms with Crippen molar-refractivity contribution in [2.75, 3.05) is 12.3 Å². The Bertz CT molecular complexity index is 811. The van der Waals surface area contributed by atoms with Gasteiger partial charge in [0.15, 0.2) is 9.84 Å². The molecule has 3 rings (SSSR count). The third-order valence-corrected chi connectivity index (χ3v) is 6.67. The Labute approximate surface area is 140 Å². The SMILES string of the molecule is N#CCNC(=O)C1C2C=C[C@H](C2)[C@H]1CS(=O)(=O)c1ccc(F)cc1. The van der Waals surface area contributed by atoms with Crippen LogP contribution >= 0.6 is 0 Å². The Morgan fingerprint density at radius 3 is 2.58 bits per heavy atom. The molecule has 24 heavy (non-hydrogen) atoms. The van der Waals surface area contributed by atoms with Crippen LogP contribution in [0.25, 0.3) is 0 Å². The summed E-state index contributed by atoms with van der Waals surface area (Å²) in [5, 5.41) is 11.2. The van der Waals surface area contributed by atoms with E-state index in [-0.39, 0.29) is 40.9 Å². The molecule has 1 fully saturated rings. The van der Waals surface area contributed by atoms with E-state index in [9.17, 15) is 17.6 Å². The maximum atomic E-state index is 13.0. The van der Waals surface area contributed by atoms with Crippen LogP contribution in [0.1, 0.15) is 6.42 Å². The Morgan fingerprint density at radius 2 is 1.92 bits per heavy atom. The quantitative estimate of drug-likeness (QED) is 0.498. The zero-order valence-corrected chi connectivity index (χ0v) is 13.7. The zero-order valence-electron chi connectivity index (χ0n) is 12.9. The van der Waals surface area contributed by atoms with Gasteiger partial charge in [0.2, 0.25) is 5.91 Å². The molecule has 0 aromatic heterocycles. The maximum Gasteiger partial charge on any atom is 0.224 e. The van der Waals surface area contributed by atoms with Gasteiger partial charge in [0.05, 0.1) is 16.7 Å². The zero-order chi connectivity index (χ0) is 17.3. The molecule has 1 saturated carbocycles. The van der Waals surface area contributed by atoms with Crippen LogP contribution in [-0.2, 0) is 14.6 Å². The highest BCUT2D eigenvalue weighted by atomic mass is 32.2. The molecule has 1 aromatic rings. The van der Waals surface area contributed by atoms with Crippen molar-refractivity contribution in [3.63, 3.8) is 0 Å². The molecular formula is C17H17FN2O3S. The van der Waals surface area contributed by atoms with Gasteiger partial charge in [-0.1, -0.05) is 12.2 Å². The van der Waals surface area contributed by atoms with Gasteiger partial charge in [-0.2, -0.15) is 5.26 Å². The third-order valence-electron chi connectivity index (χ3n) is 4.85. The van der Waals surface area contributed by atoms with Crippen molar-refractivity contribution < 1.29 is 17.6 Å². The highest BCUT2D eigenvalue weighted by Crippen LogP contribution is 2.48. The minimum atomic E-state index is -3.62. The summed E-state index contributed by atoms with van der Waals surface area (Å²) in [5.74, 6) is -1.63. The fraction of sp³-hybridized carbons (Fsp3) is 0.412. The number of carbonyl (C=O) groups is 1. The van der Waals surface area contributed by atoms with E-state index in [2.05, 4.69) is 5.32 Å². The molecule has 0 saturated heterocycles. The normalized spacial score (nSPS) is 27.8. The predicted molar refractivity (Wildman–Crippen MR) is 84.8 cm³/mol. The number of sulfone groups is 1. The number of hydrogen-bond acceptors (Lipinski definition) is 4. The second kappa shape index (κ2) is 6.36. The molecule has 0 radical (unpaired) electrons. The van der Waals surface area contributed by atoms with Gasteiger partial charge in [-0.3, -0.25) is 4.79 Å². The molecule has 1 aromatic carbocycles. The minimum absolute atomic E-state index is 0.0158. The first-order valence-electron chi connectivity index (χ1n) is 7.73. The molecule has 0 aliphatic heterocycles. The van der Waals surface area contributed by atoms with Crippen molar-refractivity contribution in [2.24, 2.45) is 23.7 Å². The van der Waals surface area contributed by atoms with Crippen LogP contribution in [0.2, 0.25) is 0 Å². The van der Waals surface area contributed by atoms with Crippen molar-refractivity contribution in [1.29, 1.82) is 5.26 Å². The van der Waals surface area contributed by atoms with Crippen molar-refractivity contribution in [3.8, 4) is 6.07 Å². The number of nitriles is 1. The Balaban J connectivity index is 1.82. The number of rotatable bonds is 5. The van der Waals surface area contributed by atoms with Gasteiger partial charge in [0.25, 0.3) is 0 Å². The molecule has 2 aliphatic rings. The summed E-state index contributed by atoms with van der Waals surface area (Å²) >= 11 is 0. The second-order valence-corrected chi connectivity index (χ2v) is 8.28. The maximum absolute atomic E-state index is 13.0. The Morgan fingerprint density at radius 1 is 1.25 bits per heavy atom. The van der Waals surface area contributed by atoms with E-state index in [0.29, 0.717) is 0 Å². The van der Waals surface area contributed by atoms with Crippen LogP contribution in [-0.4, -0.2) is 26.6 Å². The van der Waals surface area contributed by atoms with Gasteiger partial charge in [0, 0.05) is 5.92 Å². The first-order chi connectivity index (χ1) is 11.4. The number of nitrogens with zero attached hydrogens (tertiary/aromatic N) is 1. The summed E-state index contributed by atoms with van der Waals surface area (Å²) in [7, 11) is -3.62. The van der Waals surface area contributed by atoms with Gasteiger partial charge in [0.1, 0.15) is 12.4 Å². The predicted octanol–water partition coefficient (Wildman–Crippen LogP) is 1.68. The van der Waals surface area contributed by atoms with E-state index in [0.717, 1.165) is 18.6 Å². The number of nitrogens with one attached hydrogen (secondary N) is 1. The minimum Gasteiger partial charge on any atom is -0.343 e. The molecule has 1 N–H and O–H groups in total. The summed E-state index contributed by atoms with van der Waals surface area (Å²) in [6, 6.07) is 6.59. The molecule has 5 nitrogen and oxygen atoms in total. The average Bonchev–Trinajstić information content (AvgIpc) is 3.14. The molecule has 1 amide bonds. The summed E-state index contributed by atoms with van der Waals surface area (Å²) in [6.45, 7) is -0.0894. The molecule has 2 aliphatic carbocycles. The molecule has 126 valence electrons. The van der Waals surface area contributed by atoms with E-state index in [4.69, 9.17) is 5.26 Å². The van der Waals surface area contributed by atoms with Crippen molar-refractivity contribution in [2.45, 2.75) is 11.3 Å². The van der Waals surface area contributed by atoms with Gasteiger partial charge < -0.3 is 5.32 Å². The first-order valence-corrected chi connectivity index (χ1v) is 9.39. The second-order valence-electron chi connectivity index (χ2n) is 6.25. The van der Waals surface area contributed by atoms with E-state index in [1.54, 1.807) is 0 Å². The van der Waals surface area contributed by atoms with E-state index >= 15 is 0 Å². The van der Waals surface area contributed by atoms with Crippen molar-refractivity contribution in [1.82, 2.24) is 5.32 Å². The number of amides is 1. The lowest BCUT2D eigenvalue weighted by Crippen LogP contribution is -2.39. The Kier molecular flexibility index (Phi) is 4.41. The van der Waals surface area contributed by atoms with Crippen LogP contribution < -0.4 is 5.32 Å². The van der Waals surface area contributed by atoms with Gasteiger partial charge in [-0.05, 0) is 48.4 Å². The lowest BCUT2D eigenvalue weighted by molar-refractivity contribution is -0.126. The molecule has 0 spiro atoms. The molecule has 0 heterocycles. The van der Waals surface area contributed by atoms with Crippen LogP contribution in [0.3, 0.4) is 0 Å². The Hall–Kier alpha value is -2.20. The summed E-state index contributed by atoms with van der Waals surface area (Å²) in [5.41, 5.74) is 0. The smallest absolute Gasteiger partial charge is 0.224 e. The molecular weight excluding hydrogens is 331 g/mol. The van der Waals surface area contributed by atoms with E-state index in [1.807, 2.05) is 18.2 Å². The number of fused-ring (bicyclic) bond motifs is 2. The monoisotopic (exact) mass is 348 g/mol. The van der Waals surface area contributed by atoms with Crippen LogP contribution in [0.15, 0.2) is 41.3 Å². The van der Waals surface area contributed by atoms with Gasteiger partial charge in [-0.15, -0.1) is 0 Å². The topological polar surface area (TPSA) is 87.0 Å². The highest BCUT2D eigenvalue weighted by Gasteiger charge is 2.49. The van der Waals surface area contributed by atoms with Crippen molar-refractivity contribution in [3.05, 3.63) is 42.2 Å². The first kappa shape index (κ1) is 16.7. The number of benzene rings is 1. The fourth-order valence-corrected chi connectivity index (χ4v) is 5.48. The summed E-state index contributed by atoms with van der Waals surface area (Å²) in [6.07, 6.45) is 4.69. The molecule has 2 unspecified atom stereocenters. The molecule has 7 heteroatoms. The molecule has 4 atom stereocenters. The molecule has 2 bridgehead atoms. The van der Waals surface area contributed by atoms with Crippen LogP contribution in [0.5, 0.6) is 0 Å². The average molecular weight is 348 g/mol. The van der Waals surface area contributed by atoms with E-state index in [1.165, 1.54) is 12.1 Å².